The smallest absolute Gasteiger partial charge is 0.255 e. The summed E-state index contributed by atoms with van der Waals surface area (Å²) in [6, 6.07) is 9.96. The van der Waals surface area contributed by atoms with Crippen molar-refractivity contribution in [3.05, 3.63) is 48.3 Å². The first-order valence-electron chi connectivity index (χ1n) is 8.28. The number of hydrogen-bond donors (Lipinski definition) is 1. The fourth-order valence-electron chi connectivity index (χ4n) is 3.21. The topological polar surface area (TPSA) is 54.5 Å². The summed E-state index contributed by atoms with van der Waals surface area (Å²) in [7, 11) is 3.57. The summed E-state index contributed by atoms with van der Waals surface area (Å²) in [5, 5.41) is 3.17. The number of nitrogens with one attached hydrogen (secondary N) is 1. The Morgan fingerprint density at radius 3 is 2.62 bits per heavy atom. The fraction of sp³-hybridized carbons (Fsp3) is 0.368. The van der Waals surface area contributed by atoms with E-state index in [0.29, 0.717) is 5.56 Å². The van der Waals surface area contributed by atoms with Crippen LogP contribution in [0.2, 0.25) is 0 Å². The average Bonchev–Trinajstić information content (AvgIpc) is 3.10. The van der Waals surface area contributed by atoms with Crippen molar-refractivity contribution in [3.63, 3.8) is 0 Å². The lowest BCUT2D eigenvalue weighted by Gasteiger charge is -2.24. The van der Waals surface area contributed by atoms with Crippen molar-refractivity contribution in [1.82, 2.24) is 15.2 Å². The third kappa shape index (κ3) is 4.87. The van der Waals surface area contributed by atoms with E-state index >= 15 is 0 Å². The summed E-state index contributed by atoms with van der Waals surface area (Å²) in [5.74, 6) is 0.876. The molecular weight excluding hydrogens is 373 g/mol. The van der Waals surface area contributed by atoms with Crippen molar-refractivity contribution in [1.29, 1.82) is 0 Å². The zero-order chi connectivity index (χ0) is 16.9. The van der Waals surface area contributed by atoms with Gasteiger partial charge >= 0.3 is 0 Å². The van der Waals surface area contributed by atoms with Crippen LogP contribution in [0.25, 0.3) is 11.1 Å². The lowest BCUT2D eigenvalue weighted by molar-refractivity contribution is 0.0736. The van der Waals surface area contributed by atoms with Crippen LogP contribution in [-0.2, 0) is 0 Å². The predicted molar refractivity (Wildman–Crippen MR) is 109 cm³/mol. The second-order valence-electron chi connectivity index (χ2n) is 6.04. The Kier molecular flexibility index (Phi) is 8.85. The normalized spacial score (nSPS) is 15.8. The van der Waals surface area contributed by atoms with E-state index in [1.807, 2.05) is 42.3 Å². The van der Waals surface area contributed by atoms with Crippen LogP contribution in [0.15, 0.2) is 42.7 Å². The number of carbonyl (C=O) groups excluding carboxylic acids is 1. The number of hydrogen-bond acceptors (Lipinski definition) is 4. The monoisotopic (exact) mass is 397 g/mol. The highest BCUT2D eigenvalue weighted by Gasteiger charge is 2.29. The predicted octanol–water partition coefficient (Wildman–Crippen LogP) is 3.42. The van der Waals surface area contributed by atoms with E-state index in [4.69, 9.17) is 4.74 Å². The molecule has 1 aliphatic heterocycles. The van der Waals surface area contributed by atoms with Crippen LogP contribution in [0.5, 0.6) is 5.75 Å². The van der Waals surface area contributed by atoms with Crippen molar-refractivity contribution in [2.45, 2.75) is 18.9 Å². The molecule has 1 aromatic carbocycles. The van der Waals surface area contributed by atoms with Gasteiger partial charge in [0, 0.05) is 37.1 Å². The number of amides is 1. The van der Waals surface area contributed by atoms with Crippen LogP contribution in [0, 0.1) is 0 Å². The van der Waals surface area contributed by atoms with E-state index in [9.17, 15) is 4.79 Å². The molecule has 0 radical (unpaired) electrons. The third-order valence-corrected chi connectivity index (χ3v) is 4.49. The largest absolute Gasteiger partial charge is 0.497 e. The maximum absolute atomic E-state index is 12.9. The van der Waals surface area contributed by atoms with E-state index in [1.54, 1.807) is 19.5 Å². The second-order valence-corrected chi connectivity index (χ2v) is 6.04. The van der Waals surface area contributed by atoms with Gasteiger partial charge in [-0.1, -0.05) is 12.1 Å². The Bertz CT molecular complexity index is 710. The molecule has 7 heteroatoms. The van der Waals surface area contributed by atoms with Crippen LogP contribution < -0.4 is 10.1 Å². The number of halogens is 2. The van der Waals surface area contributed by atoms with Crippen molar-refractivity contribution in [2.75, 3.05) is 27.2 Å². The van der Waals surface area contributed by atoms with Gasteiger partial charge in [-0.25, -0.2) is 0 Å². The molecule has 2 aromatic rings. The molecule has 1 N–H and O–H groups in total. The number of carbonyl (C=O) groups is 1. The van der Waals surface area contributed by atoms with Gasteiger partial charge in [0.1, 0.15) is 5.75 Å². The second kappa shape index (κ2) is 10.4. The van der Waals surface area contributed by atoms with Gasteiger partial charge in [-0.3, -0.25) is 9.78 Å². The van der Waals surface area contributed by atoms with Crippen molar-refractivity contribution < 1.29 is 9.53 Å². The Morgan fingerprint density at radius 1 is 1.23 bits per heavy atom. The van der Waals surface area contributed by atoms with Gasteiger partial charge in [0.2, 0.25) is 0 Å². The van der Waals surface area contributed by atoms with E-state index in [2.05, 4.69) is 10.3 Å². The van der Waals surface area contributed by atoms with Gasteiger partial charge in [0.05, 0.1) is 12.7 Å². The molecule has 1 aliphatic rings. The standard InChI is InChI=1S/C19H23N3O2.2ClH/c1-20-13-17-4-3-9-22(17)19(23)16-10-15(11-21-12-16)14-5-7-18(24-2)8-6-14;;/h5-8,10-12,17,20H,3-4,9,13H2,1-2H3;2*1H. The number of benzene rings is 1. The first kappa shape index (κ1) is 22.2. The first-order valence-corrected chi connectivity index (χ1v) is 8.28. The average molecular weight is 398 g/mol. The Balaban J connectivity index is 0.00000169. The summed E-state index contributed by atoms with van der Waals surface area (Å²) in [4.78, 5) is 19.1. The highest BCUT2D eigenvalue weighted by molar-refractivity contribution is 5.95. The molecule has 1 unspecified atom stereocenters. The van der Waals surface area contributed by atoms with Crippen LogP contribution in [0.3, 0.4) is 0 Å². The van der Waals surface area contributed by atoms with E-state index < -0.39 is 0 Å². The molecule has 1 fully saturated rings. The molecule has 1 aromatic heterocycles. The summed E-state index contributed by atoms with van der Waals surface area (Å²) in [6.45, 7) is 1.65. The number of rotatable bonds is 5. The minimum Gasteiger partial charge on any atom is -0.497 e. The van der Waals surface area contributed by atoms with Crippen LogP contribution >= 0.6 is 24.8 Å². The molecule has 1 atom stereocenters. The molecule has 0 saturated carbocycles. The number of nitrogens with zero attached hydrogens (tertiary/aromatic N) is 2. The van der Waals surface area contributed by atoms with E-state index in [1.165, 1.54) is 0 Å². The maximum atomic E-state index is 12.9. The third-order valence-electron chi connectivity index (χ3n) is 4.49. The molecule has 1 amide bonds. The molecule has 0 aliphatic carbocycles. The van der Waals surface area contributed by atoms with Gasteiger partial charge in [0.25, 0.3) is 5.91 Å². The molecule has 1 saturated heterocycles. The molecule has 142 valence electrons. The Labute approximate surface area is 167 Å². The van der Waals surface area contributed by atoms with Crippen molar-refractivity contribution in [3.8, 4) is 16.9 Å². The summed E-state index contributed by atoms with van der Waals surface area (Å²) >= 11 is 0. The number of aromatic nitrogens is 1. The molecule has 5 nitrogen and oxygen atoms in total. The molecule has 3 rings (SSSR count). The van der Waals surface area contributed by atoms with Gasteiger partial charge in [-0.2, -0.15) is 0 Å². The molecule has 2 heterocycles. The molecule has 0 spiro atoms. The minimum atomic E-state index is 0. The Hall–Kier alpha value is -1.82. The zero-order valence-corrected chi connectivity index (χ0v) is 16.6. The van der Waals surface area contributed by atoms with Crippen molar-refractivity contribution in [2.24, 2.45) is 0 Å². The highest BCUT2D eigenvalue weighted by atomic mass is 35.5. The van der Waals surface area contributed by atoms with Gasteiger partial charge < -0.3 is 15.0 Å². The maximum Gasteiger partial charge on any atom is 0.255 e. The van der Waals surface area contributed by atoms with Gasteiger partial charge in [-0.05, 0) is 43.7 Å². The fourth-order valence-corrected chi connectivity index (χ4v) is 3.21. The highest BCUT2D eigenvalue weighted by Crippen LogP contribution is 2.24. The van der Waals surface area contributed by atoms with Crippen LogP contribution in [-0.4, -0.2) is 49.1 Å². The van der Waals surface area contributed by atoms with E-state index in [-0.39, 0.29) is 36.8 Å². The summed E-state index contributed by atoms with van der Waals surface area (Å²) in [5.41, 5.74) is 2.60. The summed E-state index contributed by atoms with van der Waals surface area (Å²) in [6.07, 6.45) is 5.56. The lowest BCUT2D eigenvalue weighted by atomic mass is 10.1. The molecule has 0 bridgehead atoms. The quantitative estimate of drug-likeness (QED) is 0.839. The van der Waals surface area contributed by atoms with Gasteiger partial charge in [0.15, 0.2) is 0 Å². The number of likely N-dealkylation sites (N-methyl/N-ethyl adjacent to an activating group) is 1. The van der Waals surface area contributed by atoms with Gasteiger partial charge in [-0.15, -0.1) is 24.8 Å². The minimum absolute atomic E-state index is 0. The Morgan fingerprint density at radius 2 is 1.96 bits per heavy atom. The SMILES string of the molecule is CNCC1CCCN1C(=O)c1cncc(-c2ccc(OC)cc2)c1.Cl.Cl. The lowest BCUT2D eigenvalue weighted by Crippen LogP contribution is -2.40. The molecule has 26 heavy (non-hydrogen) atoms. The van der Waals surface area contributed by atoms with Crippen LogP contribution in [0.1, 0.15) is 23.2 Å². The molecular formula is C19H25Cl2N3O2. The van der Waals surface area contributed by atoms with Crippen LogP contribution in [0.4, 0.5) is 0 Å². The number of likely N-dealkylation sites (tertiary alicyclic amines) is 1. The zero-order valence-electron chi connectivity index (χ0n) is 15.0. The number of ether oxygens (including phenoxy) is 1. The van der Waals surface area contributed by atoms with Crippen molar-refractivity contribution >= 4 is 30.7 Å². The van der Waals surface area contributed by atoms with E-state index in [0.717, 1.165) is 42.8 Å². The number of pyridine rings is 1. The first-order chi connectivity index (χ1) is 11.7. The number of methoxy groups -OCH3 is 1. The summed E-state index contributed by atoms with van der Waals surface area (Å²) < 4.78 is 5.19.